The predicted octanol–water partition coefficient (Wildman–Crippen LogP) is 4.08. The summed E-state index contributed by atoms with van der Waals surface area (Å²) in [6.07, 6.45) is 5.90. The minimum Gasteiger partial charge on any atom is -0.317 e. The second kappa shape index (κ2) is 4.57. The fourth-order valence-electron chi connectivity index (χ4n) is 5.11. The van der Waals surface area contributed by atoms with Gasteiger partial charge in [-0.05, 0) is 54.5 Å². The predicted molar refractivity (Wildman–Crippen MR) is 75.0 cm³/mol. The van der Waals surface area contributed by atoms with Crippen molar-refractivity contribution in [2.75, 3.05) is 13.1 Å². The number of hydrogen-bond acceptors (Lipinski definition) is 1. The lowest BCUT2D eigenvalue weighted by molar-refractivity contribution is 0.114. The minimum absolute atomic E-state index is 0.574. The number of hydrogen-bond donors (Lipinski definition) is 1. The Morgan fingerprint density at radius 1 is 1.24 bits per heavy atom. The average molecular weight is 237 g/mol. The molecule has 100 valence electrons. The van der Waals surface area contributed by atoms with E-state index < -0.39 is 0 Å². The first kappa shape index (κ1) is 13.4. The van der Waals surface area contributed by atoms with E-state index in [4.69, 9.17) is 0 Å². The van der Waals surface area contributed by atoms with E-state index in [0.29, 0.717) is 10.8 Å². The van der Waals surface area contributed by atoms with Gasteiger partial charge in [-0.2, -0.15) is 0 Å². The molecule has 3 atom stereocenters. The van der Waals surface area contributed by atoms with E-state index in [-0.39, 0.29) is 0 Å². The molecule has 0 amide bonds. The second-order valence-corrected chi connectivity index (χ2v) is 7.22. The molecule has 2 aliphatic carbocycles. The Morgan fingerprint density at radius 2 is 1.94 bits per heavy atom. The number of rotatable bonds is 4. The lowest BCUT2D eigenvalue weighted by Gasteiger charge is -2.38. The molecule has 1 nitrogen and oxygen atoms in total. The van der Waals surface area contributed by atoms with Crippen molar-refractivity contribution in [2.45, 2.75) is 60.3 Å². The molecule has 2 fully saturated rings. The van der Waals surface area contributed by atoms with E-state index in [1.165, 1.54) is 32.2 Å². The lowest BCUT2D eigenvalue weighted by Crippen LogP contribution is -2.31. The van der Waals surface area contributed by atoms with Crippen LogP contribution in [0.15, 0.2) is 0 Å². The Balaban J connectivity index is 2.15. The van der Waals surface area contributed by atoms with Crippen molar-refractivity contribution in [3.8, 4) is 0 Å². The van der Waals surface area contributed by atoms with Crippen LogP contribution < -0.4 is 5.32 Å². The molecule has 3 unspecified atom stereocenters. The molecule has 0 heterocycles. The van der Waals surface area contributed by atoms with Crippen LogP contribution in [0, 0.1) is 28.6 Å². The highest BCUT2D eigenvalue weighted by Gasteiger charge is 2.72. The first-order chi connectivity index (χ1) is 7.98. The normalized spacial score (nSPS) is 39.9. The Morgan fingerprint density at radius 3 is 2.53 bits per heavy atom. The molecule has 1 heteroatoms. The molecule has 0 radical (unpaired) electrons. The second-order valence-electron chi connectivity index (χ2n) is 7.22. The van der Waals surface area contributed by atoms with E-state index in [1.807, 2.05) is 0 Å². The van der Waals surface area contributed by atoms with Crippen molar-refractivity contribution in [1.82, 2.24) is 5.32 Å². The summed E-state index contributed by atoms with van der Waals surface area (Å²) >= 11 is 0. The summed E-state index contributed by atoms with van der Waals surface area (Å²) in [5.41, 5.74) is 1.24. The smallest absolute Gasteiger partial charge is 0.000969 e. The summed E-state index contributed by atoms with van der Waals surface area (Å²) in [4.78, 5) is 0. The standard InChI is InChI=1S/C16H31N/c1-6-17-11-14-15(4,5)16(14)10-8-7-9-13(16)12(2)3/h12-14,17H,6-11H2,1-5H3. The van der Waals surface area contributed by atoms with Gasteiger partial charge in [0.15, 0.2) is 0 Å². The van der Waals surface area contributed by atoms with Crippen molar-refractivity contribution in [3.63, 3.8) is 0 Å². The van der Waals surface area contributed by atoms with Crippen LogP contribution in [-0.4, -0.2) is 13.1 Å². The van der Waals surface area contributed by atoms with Crippen LogP contribution in [-0.2, 0) is 0 Å². The molecule has 1 spiro atoms. The monoisotopic (exact) mass is 237 g/mol. The molecule has 0 aromatic heterocycles. The highest BCUT2D eigenvalue weighted by Crippen LogP contribution is 2.77. The van der Waals surface area contributed by atoms with Crippen LogP contribution in [0.2, 0.25) is 0 Å². The van der Waals surface area contributed by atoms with Crippen LogP contribution in [0.5, 0.6) is 0 Å². The average Bonchev–Trinajstić information content (AvgIpc) is 2.72. The van der Waals surface area contributed by atoms with Gasteiger partial charge in [-0.15, -0.1) is 0 Å². The van der Waals surface area contributed by atoms with Crippen LogP contribution in [0.3, 0.4) is 0 Å². The van der Waals surface area contributed by atoms with Crippen LogP contribution in [0.25, 0.3) is 0 Å². The van der Waals surface area contributed by atoms with Gasteiger partial charge in [0.25, 0.3) is 0 Å². The van der Waals surface area contributed by atoms with E-state index in [2.05, 4.69) is 39.9 Å². The summed E-state index contributed by atoms with van der Waals surface area (Å²) in [5, 5.41) is 3.60. The molecule has 2 aliphatic rings. The van der Waals surface area contributed by atoms with Gasteiger partial charge in [0.05, 0.1) is 0 Å². The molecule has 0 aliphatic heterocycles. The molecular weight excluding hydrogens is 206 g/mol. The molecule has 0 aromatic rings. The third-order valence-electron chi connectivity index (χ3n) is 6.03. The third kappa shape index (κ3) is 1.85. The van der Waals surface area contributed by atoms with Crippen molar-refractivity contribution < 1.29 is 0 Å². The quantitative estimate of drug-likeness (QED) is 0.776. The fraction of sp³-hybridized carbons (Fsp3) is 1.00. The van der Waals surface area contributed by atoms with Crippen molar-refractivity contribution in [2.24, 2.45) is 28.6 Å². The molecule has 2 rings (SSSR count). The van der Waals surface area contributed by atoms with Gasteiger partial charge in [-0.3, -0.25) is 0 Å². The van der Waals surface area contributed by atoms with E-state index in [0.717, 1.165) is 24.3 Å². The van der Waals surface area contributed by atoms with Crippen LogP contribution in [0.1, 0.15) is 60.3 Å². The fourth-order valence-corrected chi connectivity index (χ4v) is 5.11. The third-order valence-corrected chi connectivity index (χ3v) is 6.03. The lowest BCUT2D eigenvalue weighted by atomic mass is 9.67. The van der Waals surface area contributed by atoms with E-state index in [1.54, 1.807) is 0 Å². The van der Waals surface area contributed by atoms with E-state index in [9.17, 15) is 0 Å². The summed E-state index contributed by atoms with van der Waals surface area (Å²) in [6.45, 7) is 14.5. The topological polar surface area (TPSA) is 12.0 Å². The molecule has 0 aromatic carbocycles. The Bertz CT molecular complexity index is 269. The van der Waals surface area contributed by atoms with Gasteiger partial charge >= 0.3 is 0 Å². The Kier molecular flexibility index (Phi) is 3.60. The zero-order valence-corrected chi connectivity index (χ0v) is 12.5. The molecular formula is C16H31N. The van der Waals surface area contributed by atoms with E-state index >= 15 is 0 Å². The maximum absolute atomic E-state index is 3.60. The van der Waals surface area contributed by atoms with Gasteiger partial charge in [-0.25, -0.2) is 0 Å². The first-order valence-electron chi connectivity index (χ1n) is 7.69. The van der Waals surface area contributed by atoms with Crippen LogP contribution >= 0.6 is 0 Å². The molecule has 0 saturated heterocycles. The maximum atomic E-state index is 3.60. The summed E-state index contributed by atoms with van der Waals surface area (Å²) in [5.74, 6) is 2.75. The zero-order chi connectivity index (χ0) is 12.7. The molecule has 2 saturated carbocycles. The summed E-state index contributed by atoms with van der Waals surface area (Å²) in [7, 11) is 0. The highest BCUT2D eigenvalue weighted by atomic mass is 14.9. The SMILES string of the molecule is CCNCC1C(C)(C)C12CCCCC2C(C)C. The van der Waals surface area contributed by atoms with Gasteiger partial charge in [0.2, 0.25) is 0 Å². The van der Waals surface area contributed by atoms with Gasteiger partial charge in [0.1, 0.15) is 0 Å². The first-order valence-corrected chi connectivity index (χ1v) is 7.69. The summed E-state index contributed by atoms with van der Waals surface area (Å²) in [6, 6.07) is 0. The molecule has 0 bridgehead atoms. The highest BCUT2D eigenvalue weighted by molar-refractivity contribution is 5.21. The van der Waals surface area contributed by atoms with Gasteiger partial charge < -0.3 is 5.32 Å². The van der Waals surface area contributed by atoms with Crippen molar-refractivity contribution >= 4 is 0 Å². The number of nitrogens with one attached hydrogen (secondary N) is 1. The van der Waals surface area contributed by atoms with Crippen LogP contribution in [0.4, 0.5) is 0 Å². The van der Waals surface area contributed by atoms with Crippen molar-refractivity contribution in [3.05, 3.63) is 0 Å². The van der Waals surface area contributed by atoms with Gasteiger partial charge in [0, 0.05) is 0 Å². The molecule has 1 N–H and O–H groups in total. The Hall–Kier alpha value is -0.0400. The Labute approximate surface area is 108 Å². The minimum atomic E-state index is 0.574. The summed E-state index contributed by atoms with van der Waals surface area (Å²) < 4.78 is 0. The maximum Gasteiger partial charge on any atom is -0.000969 e. The van der Waals surface area contributed by atoms with Gasteiger partial charge in [-0.1, -0.05) is 47.5 Å². The molecule has 17 heavy (non-hydrogen) atoms. The van der Waals surface area contributed by atoms with Crippen molar-refractivity contribution in [1.29, 1.82) is 0 Å². The largest absolute Gasteiger partial charge is 0.317 e. The zero-order valence-electron chi connectivity index (χ0n) is 12.5.